The zero-order chi connectivity index (χ0) is 14.3. The maximum Gasteiger partial charge on any atom is 0.142 e. The van der Waals surface area contributed by atoms with E-state index in [9.17, 15) is 8.78 Å². The largest absolute Gasteiger partial charge is 0.444 e. The van der Waals surface area contributed by atoms with Gasteiger partial charge in [-0.1, -0.05) is 28.7 Å². The molecule has 0 fully saturated rings. The third-order valence-corrected chi connectivity index (χ3v) is 4.15. The summed E-state index contributed by atoms with van der Waals surface area (Å²) in [6, 6.07) is 1.94. The summed E-state index contributed by atoms with van der Waals surface area (Å²) in [5.74, 6) is -1.21. The molecule has 0 saturated heterocycles. The highest BCUT2D eigenvalue weighted by Gasteiger charge is 2.20. The average Bonchev–Trinajstić information content (AvgIpc) is 2.43. The number of aliphatic imine (C=N–C) groups is 1. The molecule has 20 heavy (non-hydrogen) atoms. The van der Waals surface area contributed by atoms with Crippen LogP contribution in [0.5, 0.6) is 0 Å². The van der Waals surface area contributed by atoms with Gasteiger partial charge in [0.05, 0.1) is 10.5 Å². The molecule has 0 N–H and O–H groups in total. The van der Waals surface area contributed by atoms with Crippen LogP contribution in [-0.4, -0.2) is 11.3 Å². The lowest BCUT2D eigenvalue weighted by atomic mass is 9.94. The van der Waals surface area contributed by atoms with E-state index in [1.54, 1.807) is 0 Å². The Morgan fingerprint density at radius 2 is 1.90 bits per heavy atom. The molecule has 1 heterocycles. The highest BCUT2D eigenvalue weighted by molar-refractivity contribution is 6.31. The lowest BCUT2D eigenvalue weighted by Gasteiger charge is -2.36. The van der Waals surface area contributed by atoms with Crippen LogP contribution in [0.1, 0.15) is 31.2 Å². The molecule has 0 spiro atoms. The van der Waals surface area contributed by atoms with Crippen molar-refractivity contribution in [2.24, 2.45) is 4.99 Å². The number of halogens is 4. The molecule has 0 bridgehead atoms. The van der Waals surface area contributed by atoms with Crippen molar-refractivity contribution in [1.82, 2.24) is 0 Å². The van der Waals surface area contributed by atoms with Crippen LogP contribution in [0, 0.1) is 11.6 Å². The molecule has 1 unspecified atom stereocenters. The molecule has 1 atom stereocenters. The van der Waals surface area contributed by atoms with Gasteiger partial charge in [-0.05, 0) is 37.8 Å². The molecule has 1 aliphatic carbocycles. The first-order chi connectivity index (χ1) is 9.56. The second kappa shape index (κ2) is 5.34. The maximum absolute atomic E-state index is 13.9. The molecule has 1 aromatic rings. The Labute approximate surface area is 125 Å². The molecule has 0 saturated carbocycles. The number of benzene rings is 1. The van der Waals surface area contributed by atoms with Gasteiger partial charge in [0.15, 0.2) is 0 Å². The van der Waals surface area contributed by atoms with Crippen molar-refractivity contribution in [1.29, 1.82) is 0 Å². The highest BCUT2D eigenvalue weighted by atomic mass is 35.5. The Morgan fingerprint density at radius 3 is 2.70 bits per heavy atom. The van der Waals surface area contributed by atoms with E-state index in [0.717, 1.165) is 49.1 Å². The standard InChI is InChI=1S/C14H11Cl2F2N2/c15-9-6-10(17)8(5-11(9)18)14-19-12-4-2-1-3-7(12)13(16)20-14/h5-6,13H,1-4H2/q-1. The summed E-state index contributed by atoms with van der Waals surface area (Å²) in [7, 11) is 0. The topological polar surface area (TPSA) is 26.5 Å². The monoisotopic (exact) mass is 315 g/mol. The van der Waals surface area contributed by atoms with Gasteiger partial charge in [0.1, 0.15) is 11.6 Å². The van der Waals surface area contributed by atoms with Crippen LogP contribution in [0.25, 0.3) is 5.32 Å². The zero-order valence-electron chi connectivity index (χ0n) is 10.5. The fraction of sp³-hybridized carbons (Fsp3) is 0.357. The van der Waals surface area contributed by atoms with Gasteiger partial charge in [-0.3, -0.25) is 0 Å². The lowest BCUT2D eigenvalue weighted by molar-refractivity contribution is 0.598. The smallest absolute Gasteiger partial charge is 0.142 e. The molecule has 3 rings (SSSR count). The molecule has 1 aromatic carbocycles. The van der Waals surface area contributed by atoms with Crippen molar-refractivity contribution in [3.63, 3.8) is 0 Å². The van der Waals surface area contributed by atoms with E-state index in [4.69, 9.17) is 23.2 Å². The normalized spacial score (nSPS) is 22.2. The minimum Gasteiger partial charge on any atom is -0.444 e. The van der Waals surface area contributed by atoms with Crippen molar-refractivity contribution < 1.29 is 8.78 Å². The maximum atomic E-state index is 13.9. The van der Waals surface area contributed by atoms with E-state index < -0.39 is 17.1 Å². The van der Waals surface area contributed by atoms with Gasteiger partial charge in [0.25, 0.3) is 0 Å². The van der Waals surface area contributed by atoms with E-state index in [-0.39, 0.29) is 16.4 Å². The molecular weight excluding hydrogens is 305 g/mol. The number of hydrogen-bond acceptors (Lipinski definition) is 1. The predicted octanol–water partition coefficient (Wildman–Crippen LogP) is 5.15. The van der Waals surface area contributed by atoms with Gasteiger partial charge in [-0.2, -0.15) is 0 Å². The first kappa shape index (κ1) is 13.8. The third-order valence-electron chi connectivity index (χ3n) is 3.50. The van der Waals surface area contributed by atoms with Crippen molar-refractivity contribution in [3.8, 4) is 0 Å². The molecule has 106 valence electrons. The van der Waals surface area contributed by atoms with E-state index in [1.807, 2.05) is 0 Å². The van der Waals surface area contributed by atoms with E-state index in [0.29, 0.717) is 0 Å². The third kappa shape index (κ3) is 2.42. The molecule has 1 aliphatic heterocycles. The van der Waals surface area contributed by atoms with Crippen LogP contribution >= 0.6 is 23.2 Å². The van der Waals surface area contributed by atoms with Crippen LogP contribution in [0.4, 0.5) is 8.78 Å². The number of nitrogens with zero attached hydrogens (tertiary/aromatic N) is 2. The Morgan fingerprint density at radius 1 is 1.15 bits per heavy atom. The predicted molar refractivity (Wildman–Crippen MR) is 76.4 cm³/mol. The zero-order valence-corrected chi connectivity index (χ0v) is 12.0. The molecule has 2 aliphatic rings. The summed E-state index contributed by atoms with van der Waals surface area (Å²) < 4.78 is 27.4. The first-order valence-corrected chi connectivity index (χ1v) is 7.18. The molecular formula is C14H11Cl2F2N2-. The van der Waals surface area contributed by atoms with E-state index in [1.165, 1.54) is 0 Å². The molecule has 2 nitrogen and oxygen atoms in total. The van der Waals surface area contributed by atoms with E-state index in [2.05, 4.69) is 10.3 Å². The molecule has 0 amide bonds. The fourth-order valence-electron chi connectivity index (χ4n) is 2.46. The van der Waals surface area contributed by atoms with Crippen LogP contribution in [0.2, 0.25) is 5.02 Å². The van der Waals surface area contributed by atoms with Crippen LogP contribution < -0.4 is 0 Å². The van der Waals surface area contributed by atoms with Crippen LogP contribution in [0.3, 0.4) is 0 Å². The molecule has 0 aromatic heterocycles. The van der Waals surface area contributed by atoms with Crippen molar-refractivity contribution >= 4 is 29.0 Å². The SMILES string of the molecule is Fc1cc(C2=NC3=C(CCCC3)C(Cl)[N-]2)c(F)cc1Cl. The van der Waals surface area contributed by atoms with Crippen molar-refractivity contribution in [3.05, 3.63) is 50.9 Å². The van der Waals surface area contributed by atoms with Gasteiger partial charge in [0, 0.05) is 5.56 Å². The second-order valence-electron chi connectivity index (χ2n) is 4.83. The van der Waals surface area contributed by atoms with Gasteiger partial charge in [-0.25, -0.2) is 8.78 Å². The van der Waals surface area contributed by atoms with Crippen molar-refractivity contribution in [2.75, 3.05) is 0 Å². The number of alkyl halides is 1. The van der Waals surface area contributed by atoms with Gasteiger partial charge in [0.2, 0.25) is 0 Å². The summed E-state index contributed by atoms with van der Waals surface area (Å²) >= 11 is 11.8. The number of amidine groups is 1. The Kier molecular flexibility index (Phi) is 3.69. The molecule has 0 radical (unpaired) electrons. The number of rotatable bonds is 1. The number of hydrogen-bond donors (Lipinski definition) is 0. The Balaban J connectivity index is 2.05. The van der Waals surface area contributed by atoms with Crippen LogP contribution in [-0.2, 0) is 0 Å². The minimum absolute atomic E-state index is 0.00493. The second-order valence-corrected chi connectivity index (χ2v) is 5.65. The summed E-state index contributed by atoms with van der Waals surface area (Å²) in [5, 5.41) is 3.91. The minimum atomic E-state index is -0.699. The van der Waals surface area contributed by atoms with Crippen LogP contribution in [0.15, 0.2) is 28.4 Å². The highest BCUT2D eigenvalue weighted by Crippen LogP contribution is 2.37. The molecule has 6 heteroatoms. The van der Waals surface area contributed by atoms with Crippen molar-refractivity contribution in [2.45, 2.75) is 31.2 Å². The first-order valence-electron chi connectivity index (χ1n) is 6.36. The fourth-order valence-corrected chi connectivity index (χ4v) is 2.94. The lowest BCUT2D eigenvalue weighted by Crippen LogP contribution is -2.19. The van der Waals surface area contributed by atoms with Gasteiger partial charge >= 0.3 is 0 Å². The number of allylic oxidation sites excluding steroid dienone is 1. The average molecular weight is 316 g/mol. The summed E-state index contributed by atoms with van der Waals surface area (Å²) in [4.78, 5) is 4.35. The van der Waals surface area contributed by atoms with Gasteiger partial charge in [-0.15, -0.1) is 11.6 Å². The Bertz CT molecular complexity index is 626. The summed E-state index contributed by atoms with van der Waals surface area (Å²) in [6.07, 6.45) is 3.75. The Hall–Kier alpha value is -1.13. The summed E-state index contributed by atoms with van der Waals surface area (Å²) in [5.41, 5.74) is 1.30. The van der Waals surface area contributed by atoms with Gasteiger partial charge < -0.3 is 10.3 Å². The quantitative estimate of drug-likeness (QED) is 0.389. The van der Waals surface area contributed by atoms with E-state index >= 15 is 0 Å². The summed E-state index contributed by atoms with van der Waals surface area (Å²) in [6.45, 7) is 0.